The van der Waals surface area contributed by atoms with E-state index in [9.17, 15) is 14.4 Å². The van der Waals surface area contributed by atoms with Crippen LogP contribution in [-0.4, -0.2) is 84.4 Å². The van der Waals surface area contributed by atoms with Crippen LogP contribution in [0, 0.1) is 5.92 Å². The Hall–Kier alpha value is -2.77. The van der Waals surface area contributed by atoms with Gasteiger partial charge in [-0.2, -0.15) is 0 Å². The van der Waals surface area contributed by atoms with Crippen molar-refractivity contribution in [2.75, 3.05) is 45.9 Å². The first kappa shape index (κ1) is 22.9. The lowest BCUT2D eigenvalue weighted by molar-refractivity contribution is -0.137. The monoisotopic (exact) mass is 431 g/mol. The van der Waals surface area contributed by atoms with Gasteiger partial charge in [0.2, 0.25) is 11.8 Å². The first-order valence-corrected chi connectivity index (χ1v) is 11.1. The summed E-state index contributed by atoms with van der Waals surface area (Å²) in [5.74, 6) is 1.08. The third kappa shape index (κ3) is 5.89. The van der Waals surface area contributed by atoms with Gasteiger partial charge in [-0.1, -0.05) is 0 Å². The zero-order valence-electron chi connectivity index (χ0n) is 18.7. The van der Waals surface area contributed by atoms with Crippen molar-refractivity contribution in [1.29, 1.82) is 0 Å². The fourth-order valence-electron chi connectivity index (χ4n) is 4.08. The SMILES string of the molecule is CCOc1ccc(OCC(=O)N2CCCN(C(=O)C3CC(=O)N(C(C)C)C3)CC2)cc1. The average Bonchev–Trinajstić information content (AvgIpc) is 2.98. The summed E-state index contributed by atoms with van der Waals surface area (Å²) in [4.78, 5) is 43.0. The van der Waals surface area contributed by atoms with Gasteiger partial charge in [0.15, 0.2) is 6.61 Å². The minimum absolute atomic E-state index is 0.0245. The van der Waals surface area contributed by atoms with Gasteiger partial charge in [0.1, 0.15) is 11.5 Å². The molecule has 8 nitrogen and oxygen atoms in total. The normalized spacial score (nSPS) is 19.5. The number of carbonyl (C=O) groups is 3. The Morgan fingerprint density at radius 3 is 2.23 bits per heavy atom. The Bertz CT molecular complexity index is 780. The molecule has 2 heterocycles. The van der Waals surface area contributed by atoms with Crippen LogP contribution in [-0.2, 0) is 14.4 Å². The van der Waals surface area contributed by atoms with Gasteiger partial charge in [-0.15, -0.1) is 0 Å². The van der Waals surface area contributed by atoms with Crippen LogP contribution in [0.5, 0.6) is 11.5 Å². The number of ether oxygens (including phenoxy) is 2. The first-order valence-electron chi connectivity index (χ1n) is 11.1. The Labute approximate surface area is 184 Å². The Morgan fingerprint density at radius 2 is 1.61 bits per heavy atom. The zero-order valence-corrected chi connectivity index (χ0v) is 18.7. The molecule has 3 rings (SSSR count). The van der Waals surface area contributed by atoms with Crippen LogP contribution in [0.2, 0.25) is 0 Å². The summed E-state index contributed by atoms with van der Waals surface area (Å²) in [6.07, 6.45) is 1.00. The predicted octanol–water partition coefficient (Wildman–Crippen LogP) is 1.78. The largest absolute Gasteiger partial charge is 0.494 e. The summed E-state index contributed by atoms with van der Waals surface area (Å²) in [6, 6.07) is 7.30. The third-order valence-corrected chi connectivity index (χ3v) is 5.79. The molecule has 0 aromatic heterocycles. The molecule has 0 N–H and O–H groups in total. The summed E-state index contributed by atoms with van der Waals surface area (Å²) in [5, 5.41) is 0. The number of likely N-dealkylation sites (tertiary alicyclic amines) is 1. The number of amides is 3. The topological polar surface area (TPSA) is 79.4 Å². The lowest BCUT2D eigenvalue weighted by Gasteiger charge is -2.25. The maximum absolute atomic E-state index is 12.9. The van der Waals surface area contributed by atoms with Crippen molar-refractivity contribution in [3.05, 3.63) is 24.3 Å². The van der Waals surface area contributed by atoms with Crippen LogP contribution in [0.4, 0.5) is 0 Å². The quantitative estimate of drug-likeness (QED) is 0.658. The molecule has 1 aromatic rings. The smallest absolute Gasteiger partial charge is 0.260 e. The van der Waals surface area contributed by atoms with Crippen LogP contribution in [0.15, 0.2) is 24.3 Å². The number of benzene rings is 1. The van der Waals surface area contributed by atoms with E-state index in [0.29, 0.717) is 45.1 Å². The Morgan fingerprint density at radius 1 is 1.00 bits per heavy atom. The van der Waals surface area contributed by atoms with E-state index in [0.717, 1.165) is 12.2 Å². The molecule has 2 fully saturated rings. The molecular weight excluding hydrogens is 398 g/mol. The van der Waals surface area contributed by atoms with E-state index in [1.165, 1.54) is 0 Å². The van der Waals surface area contributed by atoms with E-state index in [1.807, 2.05) is 37.8 Å². The number of hydrogen-bond donors (Lipinski definition) is 0. The van der Waals surface area contributed by atoms with E-state index >= 15 is 0 Å². The molecule has 0 saturated carbocycles. The van der Waals surface area contributed by atoms with Crippen molar-refractivity contribution < 1.29 is 23.9 Å². The average molecular weight is 432 g/mol. The predicted molar refractivity (Wildman–Crippen MR) is 116 cm³/mol. The highest BCUT2D eigenvalue weighted by Gasteiger charge is 2.37. The highest BCUT2D eigenvalue weighted by molar-refractivity contribution is 5.89. The van der Waals surface area contributed by atoms with Crippen molar-refractivity contribution in [3.8, 4) is 11.5 Å². The number of carbonyl (C=O) groups excluding carboxylic acids is 3. The maximum atomic E-state index is 12.9. The van der Waals surface area contributed by atoms with E-state index < -0.39 is 0 Å². The van der Waals surface area contributed by atoms with Crippen molar-refractivity contribution in [2.24, 2.45) is 5.92 Å². The van der Waals surface area contributed by atoms with Gasteiger partial charge >= 0.3 is 0 Å². The molecule has 0 bridgehead atoms. The molecule has 8 heteroatoms. The van der Waals surface area contributed by atoms with Gasteiger partial charge in [0.25, 0.3) is 5.91 Å². The summed E-state index contributed by atoms with van der Waals surface area (Å²) in [5.41, 5.74) is 0. The van der Waals surface area contributed by atoms with Crippen LogP contribution >= 0.6 is 0 Å². The van der Waals surface area contributed by atoms with E-state index in [1.54, 1.807) is 21.9 Å². The second kappa shape index (κ2) is 10.5. The summed E-state index contributed by atoms with van der Waals surface area (Å²) in [6.45, 7) is 9.07. The summed E-state index contributed by atoms with van der Waals surface area (Å²) >= 11 is 0. The Balaban J connectivity index is 1.47. The van der Waals surface area contributed by atoms with Crippen LogP contribution in [0.25, 0.3) is 0 Å². The van der Waals surface area contributed by atoms with Crippen molar-refractivity contribution >= 4 is 17.7 Å². The third-order valence-electron chi connectivity index (χ3n) is 5.79. The van der Waals surface area contributed by atoms with Crippen molar-refractivity contribution in [1.82, 2.24) is 14.7 Å². The first-order chi connectivity index (χ1) is 14.9. The van der Waals surface area contributed by atoms with Gasteiger partial charge in [-0.25, -0.2) is 0 Å². The highest BCUT2D eigenvalue weighted by atomic mass is 16.5. The minimum atomic E-state index is -0.278. The molecule has 2 aliphatic rings. The molecule has 0 spiro atoms. The van der Waals surface area contributed by atoms with Gasteiger partial charge in [-0.05, 0) is 51.5 Å². The van der Waals surface area contributed by atoms with E-state index in [-0.39, 0.29) is 42.7 Å². The Kier molecular flexibility index (Phi) is 7.76. The number of rotatable bonds is 7. The second-order valence-electron chi connectivity index (χ2n) is 8.29. The summed E-state index contributed by atoms with van der Waals surface area (Å²) < 4.78 is 11.0. The van der Waals surface area contributed by atoms with Gasteiger partial charge in [0.05, 0.1) is 12.5 Å². The molecule has 1 aromatic carbocycles. The lowest BCUT2D eigenvalue weighted by Crippen LogP contribution is -2.42. The van der Waals surface area contributed by atoms with Crippen LogP contribution in [0.3, 0.4) is 0 Å². The van der Waals surface area contributed by atoms with E-state index in [2.05, 4.69) is 0 Å². The van der Waals surface area contributed by atoms with Gasteiger partial charge < -0.3 is 24.2 Å². The highest BCUT2D eigenvalue weighted by Crippen LogP contribution is 2.23. The van der Waals surface area contributed by atoms with Gasteiger partial charge in [-0.3, -0.25) is 14.4 Å². The minimum Gasteiger partial charge on any atom is -0.494 e. The van der Waals surface area contributed by atoms with Crippen molar-refractivity contribution in [2.45, 2.75) is 39.7 Å². The molecule has 31 heavy (non-hydrogen) atoms. The molecule has 0 aliphatic carbocycles. The van der Waals surface area contributed by atoms with Crippen LogP contribution < -0.4 is 9.47 Å². The molecule has 3 amide bonds. The summed E-state index contributed by atoms with van der Waals surface area (Å²) in [7, 11) is 0. The van der Waals surface area contributed by atoms with Crippen molar-refractivity contribution in [3.63, 3.8) is 0 Å². The molecule has 2 aliphatic heterocycles. The molecule has 2 saturated heterocycles. The fourth-order valence-corrected chi connectivity index (χ4v) is 4.08. The van der Waals surface area contributed by atoms with E-state index in [4.69, 9.17) is 9.47 Å². The number of hydrogen-bond acceptors (Lipinski definition) is 5. The number of nitrogens with zero attached hydrogens (tertiary/aromatic N) is 3. The maximum Gasteiger partial charge on any atom is 0.260 e. The standard InChI is InChI=1S/C23H33N3O5/c1-4-30-19-6-8-20(9-7-19)31-16-22(28)24-10-5-11-25(13-12-24)23(29)18-14-21(27)26(15-18)17(2)3/h6-9,17-18H,4-5,10-16H2,1-3H3. The molecule has 1 atom stereocenters. The van der Waals surface area contributed by atoms with Crippen LogP contribution in [0.1, 0.15) is 33.6 Å². The zero-order chi connectivity index (χ0) is 22.4. The molecule has 1 unspecified atom stereocenters. The fraction of sp³-hybridized carbons (Fsp3) is 0.609. The lowest BCUT2D eigenvalue weighted by atomic mass is 10.1. The molecule has 0 radical (unpaired) electrons. The molecule has 170 valence electrons. The molecular formula is C23H33N3O5. The van der Waals surface area contributed by atoms with Gasteiger partial charge in [0, 0.05) is 45.2 Å². The second-order valence-corrected chi connectivity index (χ2v) is 8.29.